The Morgan fingerprint density at radius 1 is 1.06 bits per heavy atom. The molecule has 2 aromatic rings. The van der Waals surface area contributed by atoms with Crippen LogP contribution in [0.1, 0.15) is 22.6 Å². The van der Waals surface area contributed by atoms with E-state index in [0.717, 1.165) is 22.6 Å². The zero-order valence-corrected chi connectivity index (χ0v) is 9.99. The molecule has 0 bridgehead atoms. The normalized spacial score (nSPS) is 10.4. The van der Waals surface area contributed by atoms with Crippen LogP contribution in [0.15, 0.2) is 24.5 Å². The van der Waals surface area contributed by atoms with Crippen LogP contribution in [0.5, 0.6) is 0 Å². The molecule has 2 aromatic heterocycles. The van der Waals surface area contributed by atoms with E-state index in [1.165, 1.54) is 0 Å². The predicted molar refractivity (Wildman–Crippen MR) is 63.6 cm³/mol. The van der Waals surface area contributed by atoms with Crippen molar-refractivity contribution in [2.24, 2.45) is 0 Å². The SMILES string of the molecule is Cc1nc(Cl)c(Cc2ccncc2)nc1C. The first-order chi connectivity index (χ1) is 7.66. The van der Waals surface area contributed by atoms with Gasteiger partial charge in [0.2, 0.25) is 0 Å². The minimum Gasteiger partial charge on any atom is -0.265 e. The monoisotopic (exact) mass is 233 g/mol. The van der Waals surface area contributed by atoms with Gasteiger partial charge in [0.05, 0.1) is 17.1 Å². The average molecular weight is 234 g/mol. The molecule has 0 aliphatic heterocycles. The molecule has 0 saturated heterocycles. The second kappa shape index (κ2) is 4.58. The lowest BCUT2D eigenvalue weighted by Crippen LogP contribution is -2.01. The summed E-state index contributed by atoms with van der Waals surface area (Å²) in [6, 6.07) is 3.90. The van der Waals surface area contributed by atoms with Gasteiger partial charge in [-0.2, -0.15) is 0 Å². The van der Waals surface area contributed by atoms with Crippen molar-refractivity contribution in [3.63, 3.8) is 0 Å². The highest BCUT2D eigenvalue weighted by Crippen LogP contribution is 2.16. The third-order valence-electron chi connectivity index (χ3n) is 2.45. The fourth-order valence-electron chi connectivity index (χ4n) is 1.43. The molecule has 0 aliphatic rings. The third kappa shape index (κ3) is 2.36. The van der Waals surface area contributed by atoms with Crippen molar-refractivity contribution in [3.8, 4) is 0 Å². The maximum Gasteiger partial charge on any atom is 0.151 e. The molecule has 2 rings (SSSR count). The topological polar surface area (TPSA) is 38.7 Å². The molecule has 0 amide bonds. The van der Waals surface area contributed by atoms with Gasteiger partial charge in [-0.3, -0.25) is 9.97 Å². The smallest absolute Gasteiger partial charge is 0.151 e. The van der Waals surface area contributed by atoms with Gasteiger partial charge in [-0.15, -0.1) is 0 Å². The fraction of sp³-hybridized carbons (Fsp3) is 0.250. The summed E-state index contributed by atoms with van der Waals surface area (Å²) in [7, 11) is 0. The number of halogens is 1. The minimum absolute atomic E-state index is 0.486. The highest BCUT2D eigenvalue weighted by molar-refractivity contribution is 6.30. The lowest BCUT2D eigenvalue weighted by atomic mass is 10.1. The summed E-state index contributed by atoms with van der Waals surface area (Å²) < 4.78 is 0. The summed E-state index contributed by atoms with van der Waals surface area (Å²) in [5.74, 6) is 0. The van der Waals surface area contributed by atoms with Crippen molar-refractivity contribution in [1.82, 2.24) is 15.0 Å². The number of nitrogens with zero attached hydrogens (tertiary/aromatic N) is 3. The quantitative estimate of drug-likeness (QED) is 0.801. The molecule has 0 saturated carbocycles. The Balaban J connectivity index is 2.32. The zero-order chi connectivity index (χ0) is 11.5. The molecule has 4 heteroatoms. The molecule has 0 unspecified atom stereocenters. The van der Waals surface area contributed by atoms with E-state index >= 15 is 0 Å². The molecular weight excluding hydrogens is 222 g/mol. The van der Waals surface area contributed by atoms with Gasteiger partial charge < -0.3 is 0 Å². The van der Waals surface area contributed by atoms with Gasteiger partial charge in [-0.05, 0) is 31.5 Å². The van der Waals surface area contributed by atoms with E-state index in [0.29, 0.717) is 11.6 Å². The predicted octanol–water partition coefficient (Wildman–Crippen LogP) is 2.73. The Hall–Kier alpha value is -1.48. The van der Waals surface area contributed by atoms with Crippen molar-refractivity contribution in [3.05, 3.63) is 52.3 Å². The molecule has 16 heavy (non-hydrogen) atoms. The van der Waals surface area contributed by atoms with Crippen molar-refractivity contribution in [1.29, 1.82) is 0 Å². The highest BCUT2D eigenvalue weighted by Gasteiger charge is 2.07. The number of rotatable bonds is 2. The van der Waals surface area contributed by atoms with Crippen molar-refractivity contribution in [2.45, 2.75) is 20.3 Å². The molecule has 0 aliphatic carbocycles. The van der Waals surface area contributed by atoms with Crippen LogP contribution in [0.2, 0.25) is 5.15 Å². The Labute approximate surface area is 99.5 Å². The van der Waals surface area contributed by atoms with Gasteiger partial charge in [0, 0.05) is 18.8 Å². The van der Waals surface area contributed by atoms with E-state index in [2.05, 4.69) is 15.0 Å². The van der Waals surface area contributed by atoms with Gasteiger partial charge in [-0.1, -0.05) is 11.6 Å². The van der Waals surface area contributed by atoms with E-state index in [1.807, 2.05) is 26.0 Å². The molecule has 0 radical (unpaired) electrons. The van der Waals surface area contributed by atoms with E-state index < -0.39 is 0 Å². The molecule has 0 spiro atoms. The van der Waals surface area contributed by atoms with Crippen LogP contribution in [0.3, 0.4) is 0 Å². The van der Waals surface area contributed by atoms with Crippen molar-refractivity contribution >= 4 is 11.6 Å². The third-order valence-corrected chi connectivity index (χ3v) is 2.75. The van der Waals surface area contributed by atoms with Gasteiger partial charge in [0.25, 0.3) is 0 Å². The molecule has 82 valence electrons. The van der Waals surface area contributed by atoms with Crippen molar-refractivity contribution in [2.75, 3.05) is 0 Å². The van der Waals surface area contributed by atoms with Crippen LogP contribution in [-0.2, 0) is 6.42 Å². The lowest BCUT2D eigenvalue weighted by molar-refractivity contribution is 0.958. The molecule has 2 heterocycles. The van der Waals surface area contributed by atoms with Crippen LogP contribution in [0.4, 0.5) is 0 Å². The summed E-state index contributed by atoms with van der Waals surface area (Å²) in [6.07, 6.45) is 4.21. The van der Waals surface area contributed by atoms with Gasteiger partial charge in [0.15, 0.2) is 5.15 Å². The van der Waals surface area contributed by atoms with E-state index in [9.17, 15) is 0 Å². The summed E-state index contributed by atoms with van der Waals surface area (Å²) in [4.78, 5) is 12.7. The number of aryl methyl sites for hydroxylation is 2. The maximum absolute atomic E-state index is 6.06. The molecule has 3 nitrogen and oxygen atoms in total. The van der Waals surface area contributed by atoms with Crippen molar-refractivity contribution < 1.29 is 0 Å². The molecular formula is C12H12ClN3. The number of hydrogen-bond donors (Lipinski definition) is 0. The van der Waals surface area contributed by atoms with E-state index in [1.54, 1.807) is 12.4 Å². The Bertz CT molecular complexity index is 497. The standard InChI is InChI=1S/C12H12ClN3/c1-8-9(2)16-12(13)11(15-8)7-10-3-5-14-6-4-10/h3-6H,7H2,1-2H3. The summed E-state index contributed by atoms with van der Waals surface area (Å²) in [5.41, 5.74) is 3.75. The van der Waals surface area contributed by atoms with Crippen LogP contribution >= 0.6 is 11.6 Å². The Kier molecular flexibility index (Phi) is 3.15. The van der Waals surface area contributed by atoms with Gasteiger partial charge >= 0.3 is 0 Å². The lowest BCUT2D eigenvalue weighted by Gasteiger charge is -2.06. The first kappa shape index (κ1) is 11.0. The maximum atomic E-state index is 6.06. The average Bonchev–Trinajstić information content (AvgIpc) is 2.27. The van der Waals surface area contributed by atoms with Gasteiger partial charge in [0.1, 0.15) is 0 Å². The highest BCUT2D eigenvalue weighted by atomic mass is 35.5. The largest absolute Gasteiger partial charge is 0.265 e. The van der Waals surface area contributed by atoms with Crippen LogP contribution in [-0.4, -0.2) is 15.0 Å². The Morgan fingerprint density at radius 3 is 2.38 bits per heavy atom. The Morgan fingerprint density at radius 2 is 1.69 bits per heavy atom. The first-order valence-corrected chi connectivity index (χ1v) is 5.43. The summed E-state index contributed by atoms with van der Waals surface area (Å²) in [5, 5.41) is 0.486. The first-order valence-electron chi connectivity index (χ1n) is 5.05. The minimum atomic E-state index is 0.486. The summed E-state index contributed by atoms with van der Waals surface area (Å²) >= 11 is 6.06. The molecule has 0 N–H and O–H groups in total. The molecule has 0 fully saturated rings. The second-order valence-electron chi connectivity index (χ2n) is 3.66. The molecule has 0 aromatic carbocycles. The van der Waals surface area contributed by atoms with E-state index in [-0.39, 0.29) is 0 Å². The zero-order valence-electron chi connectivity index (χ0n) is 9.24. The summed E-state index contributed by atoms with van der Waals surface area (Å²) in [6.45, 7) is 3.85. The second-order valence-corrected chi connectivity index (χ2v) is 4.02. The number of hydrogen-bond acceptors (Lipinski definition) is 3. The van der Waals surface area contributed by atoms with Crippen LogP contribution in [0, 0.1) is 13.8 Å². The van der Waals surface area contributed by atoms with Crippen LogP contribution in [0.25, 0.3) is 0 Å². The number of pyridine rings is 1. The number of aromatic nitrogens is 3. The fourth-order valence-corrected chi connectivity index (χ4v) is 1.66. The van der Waals surface area contributed by atoms with Gasteiger partial charge in [-0.25, -0.2) is 4.98 Å². The van der Waals surface area contributed by atoms with E-state index in [4.69, 9.17) is 11.6 Å². The molecule has 0 atom stereocenters. The van der Waals surface area contributed by atoms with Crippen LogP contribution < -0.4 is 0 Å².